The zero-order valence-electron chi connectivity index (χ0n) is 11.8. The van der Waals surface area contributed by atoms with E-state index in [-0.39, 0.29) is 12.5 Å². The summed E-state index contributed by atoms with van der Waals surface area (Å²) in [6.45, 7) is 3.76. The van der Waals surface area contributed by atoms with Gasteiger partial charge in [-0.25, -0.2) is 0 Å². The number of carboxylic acid groups (broad SMARTS) is 1. The van der Waals surface area contributed by atoms with Gasteiger partial charge in [-0.05, 0) is 30.5 Å². The molecule has 1 aromatic rings. The van der Waals surface area contributed by atoms with Crippen molar-refractivity contribution >= 4 is 11.9 Å². The summed E-state index contributed by atoms with van der Waals surface area (Å²) >= 11 is 0. The second kappa shape index (κ2) is 10.1. The molecule has 0 aromatic carbocycles. The molecular weight excluding hydrogens is 244 g/mol. The number of hydrogen-bond donors (Lipinski definition) is 1. The normalized spacial score (nSPS) is 9.21. The molecule has 0 aliphatic carbocycles. The second-order valence-corrected chi connectivity index (χ2v) is 3.85. The van der Waals surface area contributed by atoms with Crippen molar-refractivity contribution in [3.63, 3.8) is 0 Å². The first-order valence-corrected chi connectivity index (χ1v) is 6.44. The lowest BCUT2D eigenvalue weighted by Crippen LogP contribution is -2.31. The summed E-state index contributed by atoms with van der Waals surface area (Å²) < 4.78 is 0. The van der Waals surface area contributed by atoms with Gasteiger partial charge in [0.05, 0.1) is 0 Å². The van der Waals surface area contributed by atoms with Gasteiger partial charge in [0.25, 0.3) is 0 Å². The molecule has 1 heterocycles. The molecule has 5 nitrogen and oxygen atoms in total. The number of likely N-dealkylation sites (N-methyl/N-ethyl adjacent to an activating group) is 1. The number of rotatable bonds is 6. The Balaban J connectivity index is 0.00000154. The number of carbonyl (C=O) groups excluding carboxylic acids is 1. The summed E-state index contributed by atoms with van der Waals surface area (Å²) in [7, 11) is 1.50. The van der Waals surface area contributed by atoms with Crippen molar-refractivity contribution in [3.05, 3.63) is 30.1 Å². The zero-order valence-corrected chi connectivity index (χ0v) is 11.8. The standard InChI is InChI=1S/C12H16N2O3.C2H6/c1-14(9-12(16)17)11(15)4-2-3-10-5-7-13-8-6-10;1-2/h5-8H,2-4,9H2,1H3,(H,16,17);1-2H3. The molecule has 0 spiro atoms. The number of pyridine rings is 1. The van der Waals surface area contributed by atoms with Crippen LogP contribution >= 0.6 is 0 Å². The molecule has 1 rings (SSSR count). The number of carboxylic acids is 1. The lowest BCUT2D eigenvalue weighted by molar-refractivity contribution is -0.143. The van der Waals surface area contributed by atoms with Crippen LogP contribution in [0.15, 0.2) is 24.5 Å². The van der Waals surface area contributed by atoms with Gasteiger partial charge >= 0.3 is 5.97 Å². The average Bonchev–Trinajstić information content (AvgIpc) is 2.41. The van der Waals surface area contributed by atoms with E-state index in [0.717, 1.165) is 12.0 Å². The van der Waals surface area contributed by atoms with Crippen molar-refractivity contribution < 1.29 is 14.7 Å². The Morgan fingerprint density at radius 1 is 1.26 bits per heavy atom. The molecular formula is C14H22N2O3. The van der Waals surface area contributed by atoms with Gasteiger partial charge < -0.3 is 10.0 Å². The molecule has 0 unspecified atom stereocenters. The van der Waals surface area contributed by atoms with E-state index in [4.69, 9.17) is 5.11 Å². The van der Waals surface area contributed by atoms with Crippen LogP contribution in [0.25, 0.3) is 0 Å². The predicted octanol–water partition coefficient (Wildman–Crippen LogP) is 1.97. The number of aromatic nitrogens is 1. The average molecular weight is 266 g/mol. The molecule has 0 saturated carbocycles. The Morgan fingerprint density at radius 3 is 2.37 bits per heavy atom. The molecule has 0 aliphatic rings. The summed E-state index contributed by atoms with van der Waals surface area (Å²) in [6.07, 6.45) is 5.31. The van der Waals surface area contributed by atoms with Crippen molar-refractivity contribution in [1.29, 1.82) is 0 Å². The van der Waals surface area contributed by atoms with Gasteiger partial charge in [-0.2, -0.15) is 0 Å². The van der Waals surface area contributed by atoms with E-state index in [1.54, 1.807) is 12.4 Å². The predicted molar refractivity (Wildman–Crippen MR) is 73.8 cm³/mol. The minimum atomic E-state index is -0.991. The molecule has 1 N–H and O–H groups in total. The van der Waals surface area contributed by atoms with E-state index in [2.05, 4.69) is 4.98 Å². The third-order valence-corrected chi connectivity index (χ3v) is 2.40. The first-order valence-electron chi connectivity index (χ1n) is 6.44. The maximum Gasteiger partial charge on any atom is 0.323 e. The van der Waals surface area contributed by atoms with E-state index in [9.17, 15) is 9.59 Å². The minimum Gasteiger partial charge on any atom is -0.480 e. The van der Waals surface area contributed by atoms with E-state index in [1.807, 2.05) is 26.0 Å². The molecule has 0 radical (unpaired) electrons. The highest BCUT2D eigenvalue weighted by Crippen LogP contribution is 2.04. The number of aliphatic carboxylic acids is 1. The van der Waals surface area contributed by atoms with E-state index in [0.29, 0.717) is 12.8 Å². The van der Waals surface area contributed by atoms with Gasteiger partial charge in [-0.15, -0.1) is 0 Å². The van der Waals surface area contributed by atoms with Crippen LogP contribution in [0.5, 0.6) is 0 Å². The monoisotopic (exact) mass is 266 g/mol. The van der Waals surface area contributed by atoms with Crippen molar-refractivity contribution in [3.8, 4) is 0 Å². The lowest BCUT2D eigenvalue weighted by atomic mass is 10.1. The number of amides is 1. The third kappa shape index (κ3) is 7.91. The van der Waals surface area contributed by atoms with Crippen molar-refractivity contribution in [2.45, 2.75) is 33.1 Å². The molecule has 0 fully saturated rings. The third-order valence-electron chi connectivity index (χ3n) is 2.40. The van der Waals surface area contributed by atoms with Crippen LogP contribution in [-0.2, 0) is 16.0 Å². The maximum absolute atomic E-state index is 11.5. The molecule has 0 atom stereocenters. The molecule has 0 saturated heterocycles. The molecule has 0 bridgehead atoms. The van der Waals surface area contributed by atoms with E-state index >= 15 is 0 Å². The van der Waals surface area contributed by atoms with Crippen molar-refractivity contribution in [1.82, 2.24) is 9.88 Å². The Hall–Kier alpha value is -1.91. The lowest BCUT2D eigenvalue weighted by Gasteiger charge is -2.14. The van der Waals surface area contributed by atoms with Gasteiger partial charge in [0.15, 0.2) is 0 Å². The van der Waals surface area contributed by atoms with Crippen LogP contribution in [-0.4, -0.2) is 40.5 Å². The number of aryl methyl sites for hydroxylation is 1. The minimum absolute atomic E-state index is 0.138. The van der Waals surface area contributed by atoms with Gasteiger partial charge in [0, 0.05) is 25.9 Å². The SMILES string of the molecule is CC.CN(CC(=O)O)C(=O)CCCc1ccncc1. The summed E-state index contributed by atoms with van der Waals surface area (Å²) in [4.78, 5) is 27.1. The van der Waals surface area contributed by atoms with Gasteiger partial charge in [0.1, 0.15) is 6.54 Å². The Morgan fingerprint density at radius 2 is 1.84 bits per heavy atom. The Bertz CT molecular complexity index is 380. The highest BCUT2D eigenvalue weighted by atomic mass is 16.4. The smallest absolute Gasteiger partial charge is 0.323 e. The quantitative estimate of drug-likeness (QED) is 0.854. The second-order valence-electron chi connectivity index (χ2n) is 3.85. The van der Waals surface area contributed by atoms with Crippen LogP contribution in [0.1, 0.15) is 32.3 Å². The van der Waals surface area contributed by atoms with Crippen LogP contribution in [0.3, 0.4) is 0 Å². The highest BCUT2D eigenvalue weighted by molar-refractivity contribution is 5.80. The molecule has 106 valence electrons. The van der Waals surface area contributed by atoms with Gasteiger partial charge in [-0.3, -0.25) is 14.6 Å². The largest absolute Gasteiger partial charge is 0.480 e. The first-order chi connectivity index (χ1) is 9.09. The number of carbonyl (C=O) groups is 2. The fourth-order valence-corrected chi connectivity index (χ4v) is 1.48. The summed E-state index contributed by atoms with van der Waals surface area (Å²) in [5.41, 5.74) is 1.13. The van der Waals surface area contributed by atoms with Crippen LogP contribution in [0, 0.1) is 0 Å². The Kier molecular flexibility index (Phi) is 9.04. The van der Waals surface area contributed by atoms with E-state index in [1.165, 1.54) is 11.9 Å². The fourth-order valence-electron chi connectivity index (χ4n) is 1.48. The van der Waals surface area contributed by atoms with Gasteiger partial charge in [0.2, 0.25) is 5.91 Å². The molecule has 1 aromatic heterocycles. The first kappa shape index (κ1) is 17.1. The zero-order chi connectivity index (χ0) is 14.7. The summed E-state index contributed by atoms with van der Waals surface area (Å²) in [5.74, 6) is -1.13. The van der Waals surface area contributed by atoms with Crippen molar-refractivity contribution in [2.75, 3.05) is 13.6 Å². The highest BCUT2D eigenvalue weighted by Gasteiger charge is 2.11. The molecule has 19 heavy (non-hydrogen) atoms. The van der Waals surface area contributed by atoms with Crippen LogP contribution in [0.2, 0.25) is 0 Å². The summed E-state index contributed by atoms with van der Waals surface area (Å²) in [5, 5.41) is 8.54. The fraction of sp³-hybridized carbons (Fsp3) is 0.500. The molecule has 0 aliphatic heterocycles. The van der Waals surface area contributed by atoms with E-state index < -0.39 is 5.97 Å². The summed E-state index contributed by atoms with van der Waals surface area (Å²) in [6, 6.07) is 3.82. The topological polar surface area (TPSA) is 70.5 Å². The maximum atomic E-state index is 11.5. The van der Waals surface area contributed by atoms with Crippen LogP contribution in [0.4, 0.5) is 0 Å². The number of hydrogen-bond acceptors (Lipinski definition) is 3. The van der Waals surface area contributed by atoms with Gasteiger partial charge in [-0.1, -0.05) is 13.8 Å². The van der Waals surface area contributed by atoms with Crippen LogP contribution < -0.4 is 0 Å². The Labute approximate surface area is 114 Å². The van der Waals surface area contributed by atoms with Crippen molar-refractivity contribution in [2.24, 2.45) is 0 Å². The molecule has 5 heteroatoms. The number of nitrogens with zero attached hydrogens (tertiary/aromatic N) is 2. The molecule has 1 amide bonds.